The Morgan fingerprint density at radius 1 is 1.40 bits per heavy atom. The van der Waals surface area contributed by atoms with Crippen LogP contribution in [0.15, 0.2) is 35.1 Å². The molecule has 0 bridgehead atoms. The molecule has 1 saturated heterocycles. The first-order valence-corrected chi connectivity index (χ1v) is 7.14. The van der Waals surface area contributed by atoms with Crippen molar-refractivity contribution < 1.29 is 4.42 Å². The van der Waals surface area contributed by atoms with E-state index >= 15 is 0 Å². The zero-order chi connectivity index (χ0) is 13.8. The van der Waals surface area contributed by atoms with Crippen molar-refractivity contribution in [2.45, 2.75) is 31.8 Å². The standard InChI is InChI=1S/C15H20N4O/c1-16-15-17-8-7-13(18-15)14-6-2-3-9-19(14)11-12-5-4-10-20-12/h4-5,7-8,10,14H,2-3,6,9,11H2,1H3,(H,16,17,18). The first-order valence-electron chi connectivity index (χ1n) is 7.14. The minimum absolute atomic E-state index is 0.351. The highest BCUT2D eigenvalue weighted by atomic mass is 16.3. The molecule has 0 radical (unpaired) electrons. The van der Waals surface area contributed by atoms with E-state index in [1.165, 1.54) is 12.8 Å². The van der Waals surface area contributed by atoms with Gasteiger partial charge in [-0.15, -0.1) is 0 Å². The van der Waals surface area contributed by atoms with Crippen LogP contribution in [0.5, 0.6) is 0 Å². The number of furan rings is 1. The van der Waals surface area contributed by atoms with Gasteiger partial charge in [0, 0.05) is 13.2 Å². The molecule has 1 fully saturated rings. The van der Waals surface area contributed by atoms with Crippen molar-refractivity contribution in [3.05, 3.63) is 42.1 Å². The van der Waals surface area contributed by atoms with Gasteiger partial charge in [-0.2, -0.15) is 0 Å². The summed E-state index contributed by atoms with van der Waals surface area (Å²) in [6.07, 6.45) is 7.19. The van der Waals surface area contributed by atoms with E-state index in [2.05, 4.69) is 20.2 Å². The second-order valence-corrected chi connectivity index (χ2v) is 5.12. The van der Waals surface area contributed by atoms with Crippen molar-refractivity contribution >= 4 is 5.95 Å². The van der Waals surface area contributed by atoms with Crippen molar-refractivity contribution in [3.8, 4) is 0 Å². The predicted octanol–water partition coefficient (Wildman–Crippen LogP) is 2.84. The van der Waals surface area contributed by atoms with Crippen LogP contribution < -0.4 is 5.32 Å². The normalized spacial score (nSPS) is 19.9. The SMILES string of the molecule is CNc1nccc(C2CCCCN2Cc2ccco2)n1. The van der Waals surface area contributed by atoms with Crippen molar-refractivity contribution in [1.82, 2.24) is 14.9 Å². The molecule has 1 aliphatic heterocycles. The number of anilines is 1. The summed E-state index contributed by atoms with van der Waals surface area (Å²) in [5.41, 5.74) is 1.09. The lowest BCUT2D eigenvalue weighted by atomic mass is 9.99. The molecule has 0 amide bonds. The van der Waals surface area contributed by atoms with Crippen LogP contribution in [0.3, 0.4) is 0 Å². The maximum absolute atomic E-state index is 5.48. The summed E-state index contributed by atoms with van der Waals surface area (Å²) in [4.78, 5) is 11.2. The number of piperidine rings is 1. The van der Waals surface area contributed by atoms with Crippen molar-refractivity contribution in [2.75, 3.05) is 18.9 Å². The zero-order valence-corrected chi connectivity index (χ0v) is 11.7. The zero-order valence-electron chi connectivity index (χ0n) is 11.7. The molecule has 1 N–H and O–H groups in total. The van der Waals surface area contributed by atoms with Gasteiger partial charge in [-0.3, -0.25) is 4.90 Å². The first kappa shape index (κ1) is 13.1. The molecule has 0 aliphatic carbocycles. The van der Waals surface area contributed by atoms with Crippen molar-refractivity contribution in [1.29, 1.82) is 0 Å². The van der Waals surface area contributed by atoms with Crippen LogP contribution >= 0.6 is 0 Å². The highest BCUT2D eigenvalue weighted by Gasteiger charge is 2.25. The van der Waals surface area contributed by atoms with Gasteiger partial charge in [-0.25, -0.2) is 9.97 Å². The highest BCUT2D eigenvalue weighted by molar-refractivity contribution is 5.25. The van der Waals surface area contributed by atoms with E-state index in [0.717, 1.165) is 31.0 Å². The van der Waals surface area contributed by atoms with Crippen LogP contribution in [0.4, 0.5) is 5.95 Å². The molecule has 2 aromatic rings. The van der Waals surface area contributed by atoms with Crippen LogP contribution in [0, 0.1) is 0 Å². The molecule has 2 aromatic heterocycles. The van der Waals surface area contributed by atoms with E-state index in [1.807, 2.05) is 31.4 Å². The fourth-order valence-electron chi connectivity index (χ4n) is 2.80. The first-order chi connectivity index (χ1) is 9.86. The number of rotatable bonds is 4. The van der Waals surface area contributed by atoms with Gasteiger partial charge in [0.25, 0.3) is 0 Å². The van der Waals surface area contributed by atoms with Gasteiger partial charge in [0.05, 0.1) is 24.5 Å². The highest BCUT2D eigenvalue weighted by Crippen LogP contribution is 2.31. The third kappa shape index (κ3) is 2.82. The monoisotopic (exact) mass is 272 g/mol. The second kappa shape index (κ2) is 6.05. The van der Waals surface area contributed by atoms with Crippen LogP contribution in [-0.2, 0) is 6.54 Å². The molecule has 1 aliphatic rings. The van der Waals surface area contributed by atoms with E-state index in [0.29, 0.717) is 12.0 Å². The van der Waals surface area contributed by atoms with Crippen molar-refractivity contribution in [3.63, 3.8) is 0 Å². The number of nitrogens with zero attached hydrogens (tertiary/aromatic N) is 3. The molecule has 5 heteroatoms. The summed E-state index contributed by atoms with van der Waals surface area (Å²) in [7, 11) is 1.85. The number of hydrogen-bond donors (Lipinski definition) is 1. The van der Waals surface area contributed by atoms with Gasteiger partial charge >= 0.3 is 0 Å². The van der Waals surface area contributed by atoms with Gasteiger partial charge in [-0.1, -0.05) is 6.42 Å². The molecule has 106 valence electrons. The maximum atomic E-state index is 5.48. The Hall–Kier alpha value is -1.88. The van der Waals surface area contributed by atoms with Gasteiger partial charge in [0.2, 0.25) is 5.95 Å². The summed E-state index contributed by atoms with van der Waals surface area (Å²) >= 11 is 0. The molecule has 1 atom stereocenters. The van der Waals surface area contributed by atoms with Crippen LogP contribution in [0.25, 0.3) is 0 Å². The third-order valence-corrected chi connectivity index (χ3v) is 3.79. The summed E-state index contributed by atoms with van der Waals surface area (Å²) in [5.74, 6) is 1.70. The second-order valence-electron chi connectivity index (χ2n) is 5.12. The molecular formula is C15H20N4O. The van der Waals surface area contributed by atoms with E-state index in [-0.39, 0.29) is 0 Å². The summed E-state index contributed by atoms with van der Waals surface area (Å²) in [5, 5.41) is 3.01. The Labute approximate surface area is 119 Å². The van der Waals surface area contributed by atoms with Gasteiger partial charge < -0.3 is 9.73 Å². The average Bonchev–Trinajstić information content (AvgIpc) is 3.01. The predicted molar refractivity (Wildman–Crippen MR) is 77.3 cm³/mol. The molecular weight excluding hydrogens is 252 g/mol. The Morgan fingerprint density at radius 2 is 2.35 bits per heavy atom. The number of likely N-dealkylation sites (tertiary alicyclic amines) is 1. The smallest absolute Gasteiger partial charge is 0.222 e. The Bertz CT molecular complexity index is 541. The lowest BCUT2D eigenvalue weighted by Crippen LogP contribution is -2.33. The number of aromatic nitrogens is 2. The van der Waals surface area contributed by atoms with Gasteiger partial charge in [0.1, 0.15) is 5.76 Å². The van der Waals surface area contributed by atoms with Crippen LogP contribution in [0.1, 0.15) is 36.8 Å². The summed E-state index contributed by atoms with van der Waals surface area (Å²) < 4.78 is 5.48. The van der Waals surface area contributed by atoms with Crippen molar-refractivity contribution in [2.24, 2.45) is 0 Å². The van der Waals surface area contributed by atoms with Crippen LogP contribution in [0.2, 0.25) is 0 Å². The molecule has 0 aromatic carbocycles. The molecule has 3 heterocycles. The fraction of sp³-hybridized carbons (Fsp3) is 0.467. The summed E-state index contributed by atoms with van der Waals surface area (Å²) in [6, 6.07) is 6.35. The van der Waals surface area contributed by atoms with E-state index < -0.39 is 0 Å². The van der Waals surface area contributed by atoms with E-state index in [1.54, 1.807) is 6.26 Å². The molecule has 3 rings (SSSR count). The fourth-order valence-corrected chi connectivity index (χ4v) is 2.80. The molecule has 0 spiro atoms. The Kier molecular flexibility index (Phi) is 3.97. The third-order valence-electron chi connectivity index (χ3n) is 3.79. The quantitative estimate of drug-likeness (QED) is 0.927. The molecule has 1 unspecified atom stereocenters. The summed E-state index contributed by atoms with van der Waals surface area (Å²) in [6.45, 7) is 1.93. The van der Waals surface area contributed by atoms with Crippen LogP contribution in [-0.4, -0.2) is 28.5 Å². The lowest BCUT2D eigenvalue weighted by Gasteiger charge is -2.34. The molecule has 0 saturated carbocycles. The van der Waals surface area contributed by atoms with E-state index in [9.17, 15) is 0 Å². The maximum Gasteiger partial charge on any atom is 0.222 e. The average molecular weight is 272 g/mol. The minimum atomic E-state index is 0.351. The van der Waals surface area contributed by atoms with Gasteiger partial charge in [-0.05, 0) is 37.6 Å². The van der Waals surface area contributed by atoms with Gasteiger partial charge in [0.15, 0.2) is 0 Å². The number of hydrogen-bond acceptors (Lipinski definition) is 5. The number of nitrogens with one attached hydrogen (secondary N) is 1. The largest absolute Gasteiger partial charge is 0.468 e. The topological polar surface area (TPSA) is 54.2 Å². The van der Waals surface area contributed by atoms with E-state index in [4.69, 9.17) is 4.42 Å². The molecule has 5 nitrogen and oxygen atoms in total. The molecule has 20 heavy (non-hydrogen) atoms. The minimum Gasteiger partial charge on any atom is -0.468 e. The Balaban J connectivity index is 1.80. The Morgan fingerprint density at radius 3 is 3.15 bits per heavy atom. The lowest BCUT2D eigenvalue weighted by molar-refractivity contribution is 0.127.